The highest BCUT2D eigenvalue weighted by Gasteiger charge is 2.34. The van der Waals surface area contributed by atoms with E-state index in [4.69, 9.17) is 4.74 Å². The van der Waals surface area contributed by atoms with Gasteiger partial charge in [0.25, 0.3) is 0 Å². The van der Waals surface area contributed by atoms with Crippen molar-refractivity contribution < 1.29 is 22.7 Å². The molecule has 0 fully saturated rings. The van der Waals surface area contributed by atoms with E-state index in [9.17, 15) is 18.0 Å². The smallest absolute Gasteiger partial charge is 0.419 e. The molecule has 0 radical (unpaired) electrons. The predicted molar refractivity (Wildman–Crippen MR) is 71.0 cm³/mol. The van der Waals surface area contributed by atoms with E-state index in [0.717, 1.165) is 6.07 Å². The zero-order valence-corrected chi connectivity index (χ0v) is 11.5. The first-order chi connectivity index (χ1) is 9.41. The molecule has 0 atom stereocenters. The lowest BCUT2D eigenvalue weighted by molar-refractivity contribution is -0.138. The molecular formula is C14H8BrF3O2. The van der Waals surface area contributed by atoms with Gasteiger partial charge in [0, 0.05) is 4.47 Å². The van der Waals surface area contributed by atoms with Crippen molar-refractivity contribution in [2.45, 2.75) is 6.18 Å². The van der Waals surface area contributed by atoms with Crippen LogP contribution in [0.2, 0.25) is 0 Å². The molecule has 0 bridgehead atoms. The Balaban J connectivity index is 2.45. The first-order valence-electron chi connectivity index (χ1n) is 5.50. The molecule has 0 aliphatic heterocycles. The normalized spacial score (nSPS) is 11.2. The summed E-state index contributed by atoms with van der Waals surface area (Å²) in [5.74, 6) is -0.285. The summed E-state index contributed by atoms with van der Waals surface area (Å²) in [7, 11) is 0. The summed E-state index contributed by atoms with van der Waals surface area (Å²) in [6.45, 7) is 0. The van der Waals surface area contributed by atoms with Crippen molar-refractivity contribution in [3.8, 4) is 11.5 Å². The van der Waals surface area contributed by atoms with Crippen LogP contribution < -0.4 is 4.74 Å². The van der Waals surface area contributed by atoms with Crippen LogP contribution in [0.25, 0.3) is 0 Å². The van der Waals surface area contributed by atoms with Crippen LogP contribution in [-0.4, -0.2) is 6.29 Å². The number of aldehydes is 1. The van der Waals surface area contributed by atoms with Gasteiger partial charge in [-0.25, -0.2) is 0 Å². The molecule has 0 aromatic heterocycles. The molecule has 0 saturated heterocycles. The molecule has 2 nitrogen and oxygen atoms in total. The van der Waals surface area contributed by atoms with Crippen LogP contribution in [0, 0.1) is 0 Å². The number of carbonyl (C=O) groups excluding carboxylic acids is 1. The third-order valence-electron chi connectivity index (χ3n) is 2.51. The Morgan fingerprint density at radius 1 is 1.05 bits per heavy atom. The van der Waals surface area contributed by atoms with Gasteiger partial charge in [-0.05, 0) is 30.3 Å². The maximum Gasteiger partial charge on any atom is 0.419 e. The van der Waals surface area contributed by atoms with Crippen LogP contribution in [0.15, 0.2) is 46.9 Å². The number of para-hydroxylation sites is 1. The van der Waals surface area contributed by atoms with E-state index in [1.807, 2.05) is 0 Å². The quantitative estimate of drug-likeness (QED) is 0.726. The molecule has 0 unspecified atom stereocenters. The molecule has 104 valence electrons. The minimum absolute atomic E-state index is 0.0612. The summed E-state index contributed by atoms with van der Waals surface area (Å²) < 4.78 is 44.4. The molecule has 0 N–H and O–H groups in total. The lowest BCUT2D eigenvalue weighted by atomic mass is 10.2. The maximum absolute atomic E-state index is 12.9. The fourth-order valence-corrected chi connectivity index (χ4v) is 1.94. The van der Waals surface area contributed by atoms with Gasteiger partial charge in [-0.3, -0.25) is 4.79 Å². The average molecular weight is 345 g/mol. The molecular weight excluding hydrogens is 337 g/mol. The predicted octanol–water partition coefficient (Wildman–Crippen LogP) is 5.07. The number of hydrogen-bond acceptors (Lipinski definition) is 2. The molecule has 2 aromatic carbocycles. The minimum Gasteiger partial charge on any atom is -0.456 e. The number of rotatable bonds is 3. The highest BCUT2D eigenvalue weighted by Crippen LogP contribution is 2.38. The number of benzene rings is 2. The second kappa shape index (κ2) is 5.66. The van der Waals surface area contributed by atoms with Crippen molar-refractivity contribution in [1.82, 2.24) is 0 Å². The molecule has 0 spiro atoms. The van der Waals surface area contributed by atoms with Gasteiger partial charge in [-0.2, -0.15) is 13.2 Å². The molecule has 6 heteroatoms. The third kappa shape index (κ3) is 3.19. The van der Waals surface area contributed by atoms with Crippen molar-refractivity contribution in [2.24, 2.45) is 0 Å². The first-order valence-corrected chi connectivity index (χ1v) is 6.30. The summed E-state index contributed by atoms with van der Waals surface area (Å²) in [5.41, 5.74) is -0.720. The van der Waals surface area contributed by atoms with Gasteiger partial charge in [-0.15, -0.1) is 0 Å². The molecule has 0 aliphatic carbocycles. The van der Waals surface area contributed by atoms with Crippen molar-refractivity contribution >= 4 is 22.2 Å². The second-order valence-electron chi connectivity index (χ2n) is 3.90. The van der Waals surface area contributed by atoms with Crippen molar-refractivity contribution in [1.29, 1.82) is 0 Å². The fourth-order valence-electron chi connectivity index (χ4n) is 1.60. The van der Waals surface area contributed by atoms with Crippen molar-refractivity contribution in [3.05, 3.63) is 58.1 Å². The summed E-state index contributed by atoms with van der Waals surface area (Å²) in [5, 5.41) is 0. The van der Waals surface area contributed by atoms with E-state index in [-0.39, 0.29) is 17.1 Å². The van der Waals surface area contributed by atoms with Crippen LogP contribution in [0.3, 0.4) is 0 Å². The van der Waals surface area contributed by atoms with Crippen LogP contribution in [0.5, 0.6) is 11.5 Å². The molecule has 0 amide bonds. The van der Waals surface area contributed by atoms with E-state index < -0.39 is 11.7 Å². The van der Waals surface area contributed by atoms with Crippen molar-refractivity contribution in [3.63, 3.8) is 0 Å². The zero-order valence-electron chi connectivity index (χ0n) is 9.95. The Hall–Kier alpha value is -1.82. The van der Waals surface area contributed by atoms with Gasteiger partial charge in [-0.1, -0.05) is 28.1 Å². The van der Waals surface area contributed by atoms with E-state index >= 15 is 0 Å². The van der Waals surface area contributed by atoms with Crippen LogP contribution >= 0.6 is 15.9 Å². The summed E-state index contributed by atoms with van der Waals surface area (Å²) >= 11 is 3.18. The average Bonchev–Trinajstić information content (AvgIpc) is 2.38. The highest BCUT2D eigenvalue weighted by molar-refractivity contribution is 9.10. The fraction of sp³-hybridized carbons (Fsp3) is 0.0714. The first kappa shape index (κ1) is 14.6. The minimum atomic E-state index is -4.52. The third-order valence-corrected chi connectivity index (χ3v) is 3.01. The summed E-state index contributed by atoms with van der Waals surface area (Å²) in [6.07, 6.45) is -4.00. The number of hydrogen-bond donors (Lipinski definition) is 0. The van der Waals surface area contributed by atoms with Gasteiger partial charge in [0.15, 0.2) is 6.29 Å². The van der Waals surface area contributed by atoms with Crippen LogP contribution in [0.1, 0.15) is 15.9 Å². The van der Waals surface area contributed by atoms with Gasteiger partial charge in [0.2, 0.25) is 0 Å². The van der Waals surface area contributed by atoms with Gasteiger partial charge >= 0.3 is 6.18 Å². The lowest BCUT2D eigenvalue weighted by Crippen LogP contribution is -2.07. The SMILES string of the molecule is O=Cc1ccc(Br)cc1Oc1ccccc1C(F)(F)F. The second-order valence-corrected chi connectivity index (χ2v) is 4.81. The molecule has 0 saturated carbocycles. The van der Waals surface area contributed by atoms with Gasteiger partial charge in [0.05, 0.1) is 11.1 Å². The standard InChI is InChI=1S/C14H8BrF3O2/c15-10-6-5-9(8-19)13(7-10)20-12-4-2-1-3-11(12)14(16,17)18/h1-8H. The highest BCUT2D eigenvalue weighted by atomic mass is 79.9. The van der Waals surface area contributed by atoms with Crippen LogP contribution in [0.4, 0.5) is 13.2 Å². The maximum atomic E-state index is 12.9. The Morgan fingerprint density at radius 3 is 2.40 bits per heavy atom. The summed E-state index contributed by atoms with van der Waals surface area (Å²) in [4.78, 5) is 10.9. The number of halogens is 4. The van der Waals surface area contributed by atoms with E-state index in [1.165, 1.54) is 30.3 Å². The largest absolute Gasteiger partial charge is 0.456 e. The van der Waals surface area contributed by atoms with E-state index in [2.05, 4.69) is 15.9 Å². The molecule has 2 rings (SSSR count). The number of carbonyl (C=O) groups is 1. The van der Waals surface area contributed by atoms with Crippen molar-refractivity contribution in [2.75, 3.05) is 0 Å². The van der Waals surface area contributed by atoms with E-state index in [1.54, 1.807) is 6.07 Å². The zero-order chi connectivity index (χ0) is 14.8. The Bertz CT molecular complexity index is 639. The van der Waals surface area contributed by atoms with Crippen LogP contribution in [-0.2, 0) is 6.18 Å². The Labute approximate surface area is 121 Å². The van der Waals surface area contributed by atoms with E-state index in [0.29, 0.717) is 10.8 Å². The monoisotopic (exact) mass is 344 g/mol. The Morgan fingerprint density at radius 2 is 1.75 bits per heavy atom. The topological polar surface area (TPSA) is 26.3 Å². The number of ether oxygens (including phenoxy) is 1. The van der Waals surface area contributed by atoms with Gasteiger partial charge < -0.3 is 4.74 Å². The summed E-state index contributed by atoms with van der Waals surface area (Å²) in [6, 6.07) is 9.35. The molecule has 0 heterocycles. The lowest BCUT2D eigenvalue weighted by Gasteiger charge is -2.14. The van der Waals surface area contributed by atoms with Gasteiger partial charge in [0.1, 0.15) is 11.5 Å². The Kier molecular flexibility index (Phi) is 4.13. The molecule has 2 aromatic rings. The number of alkyl halides is 3. The molecule has 0 aliphatic rings. The molecule has 20 heavy (non-hydrogen) atoms.